The fraction of sp³-hybridized carbons (Fsp3) is 0.300. The van der Waals surface area contributed by atoms with E-state index in [4.69, 9.17) is 9.15 Å². The van der Waals surface area contributed by atoms with E-state index in [1.54, 1.807) is 36.6 Å². The number of nitrogens with zero attached hydrogens (tertiary/aromatic N) is 2. The van der Waals surface area contributed by atoms with E-state index in [1.165, 1.54) is 12.1 Å². The maximum absolute atomic E-state index is 13.3. The molecule has 0 radical (unpaired) electrons. The molecule has 1 aliphatic rings. The van der Waals surface area contributed by atoms with Crippen LogP contribution in [-0.2, 0) is 4.74 Å². The van der Waals surface area contributed by atoms with Gasteiger partial charge in [-0.25, -0.2) is 4.39 Å². The fourth-order valence-electron chi connectivity index (χ4n) is 3.31. The molecule has 28 heavy (non-hydrogen) atoms. The highest BCUT2D eigenvalue weighted by molar-refractivity contribution is 5.93. The summed E-state index contributed by atoms with van der Waals surface area (Å²) in [4.78, 5) is 14.8. The van der Waals surface area contributed by atoms with Crippen molar-refractivity contribution >= 4 is 5.91 Å². The Morgan fingerprint density at radius 2 is 2.04 bits per heavy atom. The van der Waals surface area contributed by atoms with Crippen LogP contribution < -0.4 is 5.32 Å². The Morgan fingerprint density at radius 1 is 1.25 bits per heavy atom. The van der Waals surface area contributed by atoms with E-state index in [1.807, 2.05) is 0 Å². The highest BCUT2D eigenvalue weighted by atomic mass is 19.1. The molecule has 0 saturated carbocycles. The van der Waals surface area contributed by atoms with Gasteiger partial charge >= 0.3 is 0 Å². The monoisotopic (exact) mass is 384 g/mol. The lowest BCUT2D eigenvalue weighted by Crippen LogP contribution is -2.43. The Labute approximate surface area is 161 Å². The van der Waals surface area contributed by atoms with Gasteiger partial charge in [0.25, 0.3) is 5.91 Å². The number of rotatable bonds is 6. The zero-order chi connectivity index (χ0) is 19.3. The molecule has 2 N–H and O–H groups in total. The van der Waals surface area contributed by atoms with Crippen molar-refractivity contribution in [2.24, 2.45) is 0 Å². The number of benzene rings is 1. The molecule has 1 atom stereocenters. The molecule has 1 saturated heterocycles. The Morgan fingerprint density at radius 3 is 2.75 bits per heavy atom. The molecule has 1 amide bonds. The summed E-state index contributed by atoms with van der Waals surface area (Å²) in [6.07, 6.45) is 1.56. The van der Waals surface area contributed by atoms with Crippen LogP contribution in [0.3, 0.4) is 0 Å². The largest absolute Gasteiger partial charge is 0.463 e. The first kappa shape index (κ1) is 18.4. The first-order valence-corrected chi connectivity index (χ1v) is 9.15. The summed E-state index contributed by atoms with van der Waals surface area (Å²) >= 11 is 0. The van der Waals surface area contributed by atoms with E-state index in [0.717, 1.165) is 18.7 Å². The van der Waals surface area contributed by atoms with Crippen LogP contribution in [0.4, 0.5) is 4.39 Å². The highest BCUT2D eigenvalue weighted by Gasteiger charge is 2.24. The third kappa shape index (κ3) is 4.13. The van der Waals surface area contributed by atoms with Crippen molar-refractivity contribution in [3.63, 3.8) is 0 Å². The minimum atomic E-state index is -0.283. The third-order valence-corrected chi connectivity index (χ3v) is 4.79. The summed E-state index contributed by atoms with van der Waals surface area (Å²) in [5, 5.41) is 9.81. The maximum atomic E-state index is 13.3. The Balaban J connectivity index is 1.46. The van der Waals surface area contributed by atoms with Gasteiger partial charge in [-0.15, -0.1) is 0 Å². The number of H-pyrrole nitrogens is 1. The number of ether oxygens (including phenoxy) is 1. The predicted octanol–water partition coefficient (Wildman–Crippen LogP) is 2.61. The number of nitrogens with one attached hydrogen (secondary N) is 2. The smallest absolute Gasteiger partial charge is 0.271 e. The molecule has 0 bridgehead atoms. The number of amides is 1. The molecule has 7 nitrogen and oxygen atoms in total. The summed E-state index contributed by atoms with van der Waals surface area (Å²) in [7, 11) is 0. The zero-order valence-corrected chi connectivity index (χ0v) is 15.2. The van der Waals surface area contributed by atoms with Crippen LogP contribution in [-0.4, -0.2) is 53.9 Å². The fourth-order valence-corrected chi connectivity index (χ4v) is 3.31. The van der Waals surface area contributed by atoms with Crippen LogP contribution in [0.15, 0.2) is 53.1 Å². The molecule has 146 valence electrons. The normalized spacial score (nSPS) is 16.0. The molecule has 3 heterocycles. The van der Waals surface area contributed by atoms with Gasteiger partial charge in [0.05, 0.1) is 25.5 Å². The van der Waals surface area contributed by atoms with E-state index in [9.17, 15) is 9.18 Å². The highest BCUT2D eigenvalue weighted by Crippen LogP contribution is 2.22. The maximum Gasteiger partial charge on any atom is 0.271 e. The van der Waals surface area contributed by atoms with E-state index in [-0.39, 0.29) is 23.5 Å². The number of hydrogen-bond acceptors (Lipinski definition) is 5. The molecular weight excluding hydrogens is 363 g/mol. The second kappa shape index (κ2) is 8.37. The number of hydrogen-bond donors (Lipinski definition) is 2. The second-order valence-electron chi connectivity index (χ2n) is 6.57. The summed E-state index contributed by atoms with van der Waals surface area (Å²) in [5.74, 6) is 0.0500. The lowest BCUT2D eigenvalue weighted by molar-refractivity contribution is 0.0162. The summed E-state index contributed by atoms with van der Waals surface area (Å²) in [6.45, 7) is 3.16. The Bertz CT molecular complexity index is 902. The van der Waals surface area contributed by atoms with Crippen molar-refractivity contribution in [1.29, 1.82) is 0 Å². The zero-order valence-electron chi connectivity index (χ0n) is 15.2. The minimum absolute atomic E-state index is 0.0723. The molecule has 1 fully saturated rings. The number of morpholine rings is 1. The summed E-state index contributed by atoms with van der Waals surface area (Å²) in [5.41, 5.74) is 1.87. The number of carbonyl (C=O) groups excluding carboxylic acids is 1. The van der Waals surface area contributed by atoms with Crippen LogP contribution in [0.5, 0.6) is 0 Å². The minimum Gasteiger partial charge on any atom is -0.463 e. The molecule has 1 unspecified atom stereocenters. The van der Waals surface area contributed by atoms with Gasteiger partial charge < -0.3 is 14.5 Å². The number of aromatic nitrogens is 2. The number of aromatic amines is 1. The van der Waals surface area contributed by atoms with Crippen molar-refractivity contribution in [2.75, 3.05) is 32.8 Å². The lowest BCUT2D eigenvalue weighted by atomic mass is 10.0. The third-order valence-electron chi connectivity index (χ3n) is 4.79. The summed E-state index contributed by atoms with van der Waals surface area (Å²) in [6, 6.07) is 11.5. The topological polar surface area (TPSA) is 83.4 Å². The Kier molecular flexibility index (Phi) is 5.50. The molecule has 4 rings (SSSR count). The lowest BCUT2D eigenvalue weighted by Gasteiger charge is -2.34. The van der Waals surface area contributed by atoms with Gasteiger partial charge in [-0.2, -0.15) is 5.10 Å². The van der Waals surface area contributed by atoms with Gasteiger partial charge in [-0.05, 0) is 29.8 Å². The van der Waals surface area contributed by atoms with Gasteiger partial charge in [0.1, 0.15) is 11.5 Å². The first-order valence-electron chi connectivity index (χ1n) is 9.15. The molecule has 1 aliphatic heterocycles. The van der Waals surface area contributed by atoms with Gasteiger partial charge in [0.2, 0.25) is 0 Å². The van der Waals surface area contributed by atoms with Crippen molar-refractivity contribution in [1.82, 2.24) is 20.4 Å². The molecule has 1 aromatic carbocycles. The van der Waals surface area contributed by atoms with Crippen LogP contribution >= 0.6 is 0 Å². The van der Waals surface area contributed by atoms with Crippen molar-refractivity contribution < 1.29 is 18.3 Å². The van der Waals surface area contributed by atoms with Crippen molar-refractivity contribution in [2.45, 2.75) is 6.04 Å². The van der Waals surface area contributed by atoms with E-state index < -0.39 is 0 Å². The van der Waals surface area contributed by atoms with Gasteiger partial charge in [-0.3, -0.25) is 14.8 Å². The number of carbonyl (C=O) groups is 1. The molecule has 0 spiro atoms. The van der Waals surface area contributed by atoms with Gasteiger partial charge in [0.15, 0.2) is 11.5 Å². The van der Waals surface area contributed by atoms with Crippen molar-refractivity contribution in [3.05, 3.63) is 65.8 Å². The molecule has 3 aromatic rings. The van der Waals surface area contributed by atoms with Crippen LogP contribution in [0.1, 0.15) is 22.1 Å². The van der Waals surface area contributed by atoms with Gasteiger partial charge in [0, 0.05) is 25.7 Å². The average molecular weight is 384 g/mol. The standard InChI is InChI=1S/C20H21FN4O3/c21-15-5-3-14(4-6-15)18(25-7-10-27-11-8-25)13-22-20(26)17-12-16(23-24-17)19-2-1-9-28-19/h1-6,9,12,18H,7-8,10-11,13H2,(H,22,26)(H,23,24). The molecule has 8 heteroatoms. The molecule has 0 aliphatic carbocycles. The van der Waals surface area contributed by atoms with Gasteiger partial charge in [-0.1, -0.05) is 12.1 Å². The average Bonchev–Trinajstić information content (AvgIpc) is 3.42. The van der Waals surface area contributed by atoms with Crippen LogP contribution in [0.2, 0.25) is 0 Å². The van der Waals surface area contributed by atoms with E-state index >= 15 is 0 Å². The van der Waals surface area contributed by atoms with E-state index in [2.05, 4.69) is 20.4 Å². The Hall–Kier alpha value is -2.97. The second-order valence-corrected chi connectivity index (χ2v) is 6.57. The van der Waals surface area contributed by atoms with Crippen LogP contribution in [0.25, 0.3) is 11.5 Å². The summed E-state index contributed by atoms with van der Waals surface area (Å²) < 4.78 is 24.1. The predicted molar refractivity (Wildman–Crippen MR) is 100 cm³/mol. The number of halogens is 1. The van der Waals surface area contributed by atoms with Crippen molar-refractivity contribution in [3.8, 4) is 11.5 Å². The first-order chi connectivity index (χ1) is 13.7. The molecular formula is C20H21FN4O3. The quantitative estimate of drug-likeness (QED) is 0.683. The van der Waals surface area contributed by atoms with Crippen LogP contribution in [0, 0.1) is 5.82 Å². The molecule has 2 aromatic heterocycles. The number of furan rings is 1. The SMILES string of the molecule is O=C(NCC(c1ccc(F)cc1)N1CCOCC1)c1cc(-c2ccco2)[nH]n1. The van der Waals surface area contributed by atoms with E-state index in [0.29, 0.717) is 31.2 Å².